The Kier molecular flexibility index (Phi) is 7.73. The van der Waals surface area contributed by atoms with Crippen molar-refractivity contribution >= 4 is 15.7 Å². The molecule has 0 spiro atoms. The van der Waals surface area contributed by atoms with E-state index in [0.717, 1.165) is 12.8 Å². The van der Waals surface area contributed by atoms with Crippen LogP contribution in [0.2, 0.25) is 0 Å². The fourth-order valence-corrected chi connectivity index (χ4v) is 5.04. The standard InChI is InChI=1S/C19H28F2N2O3S/c1-14(2)13-27(25,26)10-8-19(24)22-15-5-4-9-23(11-15)12-16-17(20)6-3-7-18(16)21/h3,6-7,14-15H,4-5,8-13H2,1-2H3,(H,22,24). The Morgan fingerprint density at radius 1 is 1.30 bits per heavy atom. The van der Waals surface area contributed by atoms with Crippen molar-refractivity contribution in [3.8, 4) is 0 Å². The Hall–Kier alpha value is -1.54. The van der Waals surface area contributed by atoms with Gasteiger partial charge in [0.15, 0.2) is 9.84 Å². The summed E-state index contributed by atoms with van der Waals surface area (Å²) in [7, 11) is -3.23. The highest BCUT2D eigenvalue weighted by atomic mass is 32.2. The molecule has 5 nitrogen and oxygen atoms in total. The molecule has 0 saturated carbocycles. The minimum Gasteiger partial charge on any atom is -0.352 e. The summed E-state index contributed by atoms with van der Waals surface area (Å²) in [6, 6.07) is 3.66. The van der Waals surface area contributed by atoms with E-state index < -0.39 is 21.5 Å². The van der Waals surface area contributed by atoms with E-state index in [4.69, 9.17) is 0 Å². The van der Waals surface area contributed by atoms with Crippen molar-refractivity contribution < 1.29 is 22.0 Å². The third kappa shape index (κ3) is 7.18. The Balaban J connectivity index is 1.84. The van der Waals surface area contributed by atoms with Crippen LogP contribution >= 0.6 is 0 Å². The number of rotatable bonds is 8. The molecule has 2 rings (SSSR count). The van der Waals surface area contributed by atoms with Gasteiger partial charge in [-0.25, -0.2) is 17.2 Å². The summed E-state index contributed by atoms with van der Waals surface area (Å²) in [4.78, 5) is 14.0. The Morgan fingerprint density at radius 2 is 1.96 bits per heavy atom. The predicted molar refractivity (Wildman–Crippen MR) is 101 cm³/mol. The van der Waals surface area contributed by atoms with E-state index in [9.17, 15) is 22.0 Å². The van der Waals surface area contributed by atoms with Gasteiger partial charge in [-0.2, -0.15) is 0 Å². The van der Waals surface area contributed by atoms with Crippen LogP contribution in [0.1, 0.15) is 38.7 Å². The molecule has 1 amide bonds. The first kappa shape index (κ1) is 21.8. The SMILES string of the molecule is CC(C)CS(=O)(=O)CCC(=O)NC1CCCN(Cc2c(F)cccc2F)C1. The van der Waals surface area contributed by atoms with Gasteiger partial charge in [0.1, 0.15) is 11.6 Å². The summed E-state index contributed by atoms with van der Waals surface area (Å²) in [5.74, 6) is -1.50. The molecule has 1 saturated heterocycles. The van der Waals surface area contributed by atoms with Gasteiger partial charge in [-0.15, -0.1) is 0 Å². The van der Waals surface area contributed by atoms with E-state index in [1.54, 1.807) is 0 Å². The molecule has 0 bridgehead atoms. The van der Waals surface area contributed by atoms with Crippen LogP contribution in [0.5, 0.6) is 0 Å². The van der Waals surface area contributed by atoms with Gasteiger partial charge in [-0.05, 0) is 37.4 Å². The molecule has 1 aliphatic heterocycles. The highest BCUT2D eigenvalue weighted by Gasteiger charge is 2.24. The summed E-state index contributed by atoms with van der Waals surface area (Å²) in [6.45, 7) is 4.98. The Labute approximate surface area is 160 Å². The Bertz CT molecular complexity index is 733. The number of likely N-dealkylation sites (tertiary alicyclic amines) is 1. The van der Waals surface area contributed by atoms with Gasteiger partial charge in [-0.3, -0.25) is 9.69 Å². The monoisotopic (exact) mass is 402 g/mol. The molecular formula is C19H28F2N2O3S. The van der Waals surface area contributed by atoms with Gasteiger partial charge >= 0.3 is 0 Å². The highest BCUT2D eigenvalue weighted by Crippen LogP contribution is 2.18. The lowest BCUT2D eigenvalue weighted by Gasteiger charge is -2.33. The molecule has 1 fully saturated rings. The average Bonchev–Trinajstić information content (AvgIpc) is 2.56. The van der Waals surface area contributed by atoms with E-state index in [-0.39, 0.29) is 47.9 Å². The van der Waals surface area contributed by atoms with Crippen LogP contribution in [-0.2, 0) is 21.2 Å². The lowest BCUT2D eigenvalue weighted by molar-refractivity contribution is -0.121. The number of nitrogens with one attached hydrogen (secondary N) is 1. The second kappa shape index (κ2) is 9.59. The lowest BCUT2D eigenvalue weighted by Crippen LogP contribution is -2.47. The number of carbonyl (C=O) groups is 1. The van der Waals surface area contributed by atoms with E-state index in [1.807, 2.05) is 18.7 Å². The maximum atomic E-state index is 13.8. The van der Waals surface area contributed by atoms with Crippen LogP contribution in [0, 0.1) is 17.6 Å². The number of amides is 1. The number of nitrogens with zero attached hydrogens (tertiary/aromatic N) is 1. The van der Waals surface area contributed by atoms with E-state index >= 15 is 0 Å². The molecule has 1 unspecified atom stereocenters. The summed E-state index contributed by atoms with van der Waals surface area (Å²) in [5, 5.41) is 2.86. The van der Waals surface area contributed by atoms with Crippen molar-refractivity contribution in [1.29, 1.82) is 0 Å². The smallest absolute Gasteiger partial charge is 0.221 e. The zero-order chi connectivity index (χ0) is 20.0. The highest BCUT2D eigenvalue weighted by molar-refractivity contribution is 7.91. The second-order valence-corrected chi connectivity index (χ2v) is 9.83. The van der Waals surface area contributed by atoms with E-state index in [1.165, 1.54) is 18.2 Å². The Morgan fingerprint density at radius 3 is 2.59 bits per heavy atom. The van der Waals surface area contributed by atoms with Crippen molar-refractivity contribution in [1.82, 2.24) is 10.2 Å². The number of sulfone groups is 1. The summed E-state index contributed by atoms with van der Waals surface area (Å²) >= 11 is 0. The maximum absolute atomic E-state index is 13.8. The number of benzene rings is 1. The molecule has 1 N–H and O–H groups in total. The van der Waals surface area contributed by atoms with Crippen molar-refractivity contribution in [2.45, 2.75) is 45.7 Å². The van der Waals surface area contributed by atoms with E-state index in [0.29, 0.717) is 13.1 Å². The van der Waals surface area contributed by atoms with Crippen LogP contribution in [-0.4, -0.2) is 49.9 Å². The van der Waals surface area contributed by atoms with Crippen molar-refractivity contribution in [2.75, 3.05) is 24.6 Å². The molecule has 1 aromatic rings. The molecule has 1 aromatic carbocycles. The number of halogens is 2. The fourth-order valence-electron chi connectivity index (χ4n) is 3.36. The van der Waals surface area contributed by atoms with Gasteiger partial charge in [0.05, 0.1) is 11.5 Å². The zero-order valence-corrected chi connectivity index (χ0v) is 16.7. The largest absolute Gasteiger partial charge is 0.352 e. The molecule has 0 aromatic heterocycles. The molecule has 152 valence electrons. The molecule has 8 heteroatoms. The third-order valence-electron chi connectivity index (χ3n) is 4.54. The summed E-state index contributed by atoms with van der Waals surface area (Å²) in [6.07, 6.45) is 1.50. The van der Waals surface area contributed by atoms with Crippen LogP contribution < -0.4 is 5.32 Å². The molecule has 1 aliphatic rings. The predicted octanol–water partition coefficient (Wildman–Crippen LogP) is 2.51. The third-order valence-corrected chi connectivity index (χ3v) is 6.54. The quantitative estimate of drug-likeness (QED) is 0.726. The molecule has 0 radical (unpaired) electrons. The maximum Gasteiger partial charge on any atom is 0.221 e. The minimum atomic E-state index is -3.23. The lowest BCUT2D eigenvalue weighted by atomic mass is 10.0. The van der Waals surface area contributed by atoms with Gasteiger partial charge in [-0.1, -0.05) is 19.9 Å². The van der Waals surface area contributed by atoms with Gasteiger partial charge < -0.3 is 5.32 Å². The first-order chi connectivity index (χ1) is 12.7. The van der Waals surface area contributed by atoms with Crippen molar-refractivity contribution in [2.24, 2.45) is 5.92 Å². The van der Waals surface area contributed by atoms with Crippen LogP contribution in [0.4, 0.5) is 8.78 Å². The van der Waals surface area contributed by atoms with Gasteiger partial charge in [0.25, 0.3) is 0 Å². The number of carbonyl (C=O) groups excluding carboxylic acids is 1. The first-order valence-corrected chi connectivity index (χ1v) is 11.1. The van der Waals surface area contributed by atoms with Gasteiger partial charge in [0, 0.05) is 31.1 Å². The molecule has 0 aliphatic carbocycles. The normalized spacial score (nSPS) is 18.6. The van der Waals surface area contributed by atoms with E-state index in [2.05, 4.69) is 5.32 Å². The topological polar surface area (TPSA) is 66.5 Å². The molecule has 1 heterocycles. The summed E-state index contributed by atoms with van der Waals surface area (Å²) in [5.41, 5.74) is 0.0317. The fraction of sp³-hybridized carbons (Fsp3) is 0.632. The van der Waals surface area contributed by atoms with Crippen LogP contribution in [0.15, 0.2) is 18.2 Å². The molecule has 1 atom stereocenters. The number of hydrogen-bond acceptors (Lipinski definition) is 4. The molecular weight excluding hydrogens is 374 g/mol. The zero-order valence-electron chi connectivity index (χ0n) is 15.9. The average molecular weight is 403 g/mol. The van der Waals surface area contributed by atoms with Crippen molar-refractivity contribution in [3.63, 3.8) is 0 Å². The summed E-state index contributed by atoms with van der Waals surface area (Å²) < 4.78 is 51.4. The van der Waals surface area contributed by atoms with Gasteiger partial charge in [0.2, 0.25) is 5.91 Å². The van der Waals surface area contributed by atoms with Crippen molar-refractivity contribution in [3.05, 3.63) is 35.4 Å². The second-order valence-electron chi connectivity index (χ2n) is 7.60. The first-order valence-electron chi connectivity index (χ1n) is 9.31. The van der Waals surface area contributed by atoms with Crippen LogP contribution in [0.25, 0.3) is 0 Å². The number of piperidine rings is 1. The minimum absolute atomic E-state index is 0.0312. The van der Waals surface area contributed by atoms with Crippen LogP contribution in [0.3, 0.4) is 0 Å². The molecule has 27 heavy (non-hydrogen) atoms. The number of hydrogen-bond donors (Lipinski definition) is 1.